The molecule has 1 amide bonds. The van der Waals surface area contributed by atoms with Crippen molar-refractivity contribution in [3.05, 3.63) is 56.8 Å². The number of halogens is 1. The standard InChI is InChI=1S/C25H33FN6O3/c26-21-4-3-18(17-22-23-19(2-1-5-27-23)24(33)29-28-22)16-20(21)25(34)32-10-8-30(9-11-32)6-7-31-12-14-35-15-13-31/h3-4,16,27H,1-2,5-15,17H2,(H,29,33). The highest BCUT2D eigenvalue weighted by Gasteiger charge is 2.25. The molecular weight excluding hydrogens is 451 g/mol. The minimum absolute atomic E-state index is 0.0931. The Balaban J connectivity index is 1.21. The van der Waals surface area contributed by atoms with Crippen molar-refractivity contribution in [1.29, 1.82) is 0 Å². The van der Waals surface area contributed by atoms with Gasteiger partial charge in [0.1, 0.15) is 5.82 Å². The lowest BCUT2D eigenvalue weighted by Crippen LogP contribution is -2.51. The normalized spacial score (nSPS) is 19.3. The van der Waals surface area contributed by atoms with Gasteiger partial charge in [-0.1, -0.05) is 6.07 Å². The second-order valence-corrected chi connectivity index (χ2v) is 9.46. The maximum Gasteiger partial charge on any atom is 0.269 e. The summed E-state index contributed by atoms with van der Waals surface area (Å²) in [6.45, 7) is 9.05. The molecule has 2 N–H and O–H groups in total. The summed E-state index contributed by atoms with van der Waals surface area (Å²) < 4.78 is 20.1. The predicted molar refractivity (Wildman–Crippen MR) is 130 cm³/mol. The molecule has 0 unspecified atom stereocenters. The van der Waals surface area contributed by atoms with Crippen molar-refractivity contribution in [1.82, 2.24) is 24.9 Å². The molecule has 0 saturated carbocycles. The van der Waals surface area contributed by atoms with Crippen LogP contribution in [-0.4, -0.2) is 103 Å². The number of H-pyrrole nitrogens is 1. The Morgan fingerprint density at radius 2 is 1.80 bits per heavy atom. The maximum absolute atomic E-state index is 14.7. The zero-order valence-corrected chi connectivity index (χ0v) is 20.0. The van der Waals surface area contributed by atoms with Gasteiger partial charge in [0.05, 0.1) is 30.2 Å². The maximum atomic E-state index is 14.7. The number of rotatable bonds is 6. The number of benzene rings is 1. The summed E-state index contributed by atoms with van der Waals surface area (Å²) >= 11 is 0. The van der Waals surface area contributed by atoms with E-state index >= 15 is 0 Å². The Labute approximate surface area is 204 Å². The van der Waals surface area contributed by atoms with Crippen molar-refractivity contribution in [2.45, 2.75) is 19.3 Å². The number of hydrogen-bond donors (Lipinski definition) is 2. The minimum Gasteiger partial charge on any atom is -0.383 e. The Kier molecular flexibility index (Phi) is 7.40. The fourth-order valence-corrected chi connectivity index (χ4v) is 5.08. The third-order valence-corrected chi connectivity index (χ3v) is 7.19. The topological polar surface area (TPSA) is 93.8 Å². The molecule has 0 radical (unpaired) electrons. The lowest BCUT2D eigenvalue weighted by Gasteiger charge is -2.36. The molecule has 0 atom stereocenters. The lowest BCUT2D eigenvalue weighted by molar-refractivity contribution is 0.0293. The van der Waals surface area contributed by atoms with Gasteiger partial charge in [0.15, 0.2) is 0 Å². The lowest BCUT2D eigenvalue weighted by atomic mass is 9.99. The number of aromatic amines is 1. The third kappa shape index (κ3) is 5.55. The van der Waals surface area contributed by atoms with Crippen LogP contribution in [0.15, 0.2) is 23.0 Å². The number of amides is 1. The first kappa shape index (κ1) is 23.9. The first-order chi connectivity index (χ1) is 17.1. The van der Waals surface area contributed by atoms with Crippen molar-refractivity contribution < 1.29 is 13.9 Å². The number of nitrogens with one attached hydrogen (secondary N) is 2. The number of piperazine rings is 1. The van der Waals surface area contributed by atoms with Gasteiger partial charge in [-0.15, -0.1) is 0 Å². The first-order valence-corrected chi connectivity index (χ1v) is 12.5. The van der Waals surface area contributed by atoms with Gasteiger partial charge >= 0.3 is 0 Å². The van der Waals surface area contributed by atoms with E-state index < -0.39 is 5.82 Å². The highest BCUT2D eigenvalue weighted by atomic mass is 19.1. The Morgan fingerprint density at radius 3 is 2.57 bits per heavy atom. The van der Waals surface area contributed by atoms with Gasteiger partial charge in [0, 0.05) is 70.9 Å². The summed E-state index contributed by atoms with van der Waals surface area (Å²) in [4.78, 5) is 31.8. The van der Waals surface area contributed by atoms with Gasteiger partial charge < -0.3 is 15.0 Å². The molecule has 5 rings (SSSR count). The molecule has 188 valence electrons. The summed E-state index contributed by atoms with van der Waals surface area (Å²) in [6.07, 6.45) is 2.01. The number of fused-ring (bicyclic) bond motifs is 1. The van der Waals surface area contributed by atoms with Crippen molar-refractivity contribution in [2.24, 2.45) is 0 Å². The number of hydrogen-bond acceptors (Lipinski definition) is 7. The van der Waals surface area contributed by atoms with E-state index in [9.17, 15) is 14.0 Å². The molecule has 4 heterocycles. The molecule has 3 aliphatic heterocycles. The summed E-state index contributed by atoms with van der Waals surface area (Å²) in [5.74, 6) is -0.783. The molecule has 0 aliphatic carbocycles. The van der Waals surface area contributed by atoms with Crippen molar-refractivity contribution >= 4 is 11.6 Å². The predicted octanol–water partition coefficient (Wildman–Crippen LogP) is 0.948. The molecule has 10 heteroatoms. The third-order valence-electron chi connectivity index (χ3n) is 7.19. The van der Waals surface area contributed by atoms with E-state index in [0.717, 1.165) is 76.7 Å². The molecule has 0 spiro atoms. The van der Waals surface area contributed by atoms with E-state index in [-0.39, 0.29) is 17.0 Å². The smallest absolute Gasteiger partial charge is 0.269 e. The van der Waals surface area contributed by atoms with Crippen LogP contribution in [0.1, 0.15) is 33.6 Å². The fourth-order valence-electron chi connectivity index (χ4n) is 5.08. The van der Waals surface area contributed by atoms with Crippen molar-refractivity contribution in [3.8, 4) is 0 Å². The second kappa shape index (κ2) is 10.8. The van der Waals surface area contributed by atoms with E-state index in [1.54, 1.807) is 17.0 Å². The quantitative estimate of drug-likeness (QED) is 0.631. The molecule has 9 nitrogen and oxygen atoms in total. The van der Waals surface area contributed by atoms with Crippen molar-refractivity contribution in [3.63, 3.8) is 0 Å². The Hall–Kier alpha value is -2.82. The van der Waals surface area contributed by atoms with E-state index in [0.29, 0.717) is 37.2 Å². The number of ether oxygens (including phenoxy) is 1. The highest BCUT2D eigenvalue weighted by Crippen LogP contribution is 2.24. The van der Waals surface area contributed by atoms with Crippen LogP contribution in [0, 0.1) is 5.82 Å². The number of anilines is 1. The van der Waals surface area contributed by atoms with E-state index in [2.05, 4.69) is 25.3 Å². The van der Waals surface area contributed by atoms with E-state index in [1.165, 1.54) is 6.07 Å². The number of carbonyl (C=O) groups is 1. The molecular formula is C25H33FN6O3. The second-order valence-electron chi connectivity index (χ2n) is 9.46. The monoisotopic (exact) mass is 484 g/mol. The van der Waals surface area contributed by atoms with Crippen LogP contribution >= 0.6 is 0 Å². The van der Waals surface area contributed by atoms with Gasteiger partial charge in [-0.25, -0.2) is 9.49 Å². The Morgan fingerprint density at radius 1 is 1.06 bits per heavy atom. The van der Waals surface area contributed by atoms with Crippen LogP contribution < -0.4 is 10.9 Å². The van der Waals surface area contributed by atoms with Crippen LogP contribution in [0.5, 0.6) is 0 Å². The zero-order valence-electron chi connectivity index (χ0n) is 20.0. The molecule has 3 aliphatic rings. The molecule has 2 aromatic rings. The van der Waals surface area contributed by atoms with Crippen LogP contribution in [0.4, 0.5) is 10.1 Å². The van der Waals surface area contributed by atoms with Crippen molar-refractivity contribution in [2.75, 3.05) is 77.4 Å². The average molecular weight is 485 g/mol. The summed E-state index contributed by atoms with van der Waals surface area (Å²) in [6, 6.07) is 4.66. The summed E-state index contributed by atoms with van der Waals surface area (Å²) in [5.41, 5.74) is 2.90. The largest absolute Gasteiger partial charge is 0.383 e. The molecule has 2 saturated heterocycles. The number of morpholine rings is 1. The average Bonchev–Trinajstić information content (AvgIpc) is 2.91. The molecule has 0 bridgehead atoms. The SMILES string of the molecule is O=C(c1cc(Cc2n[nH]c(=O)c3c2NCCC3)ccc1F)N1CCN(CCN2CCOCC2)CC1. The highest BCUT2D eigenvalue weighted by molar-refractivity contribution is 5.94. The minimum atomic E-state index is -0.511. The molecule has 1 aromatic heterocycles. The van der Waals surface area contributed by atoms with Gasteiger partial charge in [0.2, 0.25) is 0 Å². The van der Waals surface area contributed by atoms with Gasteiger partial charge in [-0.3, -0.25) is 19.4 Å². The summed E-state index contributed by atoms with van der Waals surface area (Å²) in [5, 5.41) is 10.1. The van der Waals surface area contributed by atoms with Crippen LogP contribution in [-0.2, 0) is 17.6 Å². The van der Waals surface area contributed by atoms with Crippen LogP contribution in [0.25, 0.3) is 0 Å². The van der Waals surface area contributed by atoms with Gasteiger partial charge in [-0.2, -0.15) is 5.10 Å². The van der Waals surface area contributed by atoms with Crippen LogP contribution in [0.3, 0.4) is 0 Å². The summed E-state index contributed by atoms with van der Waals surface area (Å²) in [7, 11) is 0. The molecule has 35 heavy (non-hydrogen) atoms. The van der Waals surface area contributed by atoms with E-state index in [1.807, 2.05) is 0 Å². The number of aromatic nitrogens is 2. The number of nitrogens with zero attached hydrogens (tertiary/aromatic N) is 4. The fraction of sp³-hybridized carbons (Fsp3) is 0.560. The zero-order chi connectivity index (χ0) is 24.2. The van der Waals surface area contributed by atoms with Gasteiger partial charge in [-0.05, 0) is 30.5 Å². The van der Waals surface area contributed by atoms with Gasteiger partial charge in [0.25, 0.3) is 11.5 Å². The molecule has 1 aromatic carbocycles. The van der Waals surface area contributed by atoms with Crippen LogP contribution in [0.2, 0.25) is 0 Å². The first-order valence-electron chi connectivity index (χ1n) is 12.5. The Bertz CT molecular complexity index is 1110. The number of carbonyl (C=O) groups excluding carboxylic acids is 1. The molecule has 2 fully saturated rings. The van der Waals surface area contributed by atoms with E-state index in [4.69, 9.17) is 4.74 Å².